The van der Waals surface area contributed by atoms with Gasteiger partial charge in [-0.3, -0.25) is 4.79 Å². The minimum atomic E-state index is -0.979. The summed E-state index contributed by atoms with van der Waals surface area (Å²) in [6.07, 6.45) is 3.61. The van der Waals surface area contributed by atoms with Crippen LogP contribution in [-0.4, -0.2) is 41.1 Å². The van der Waals surface area contributed by atoms with Crippen LogP contribution in [0.25, 0.3) is 0 Å². The van der Waals surface area contributed by atoms with Gasteiger partial charge in [0.05, 0.1) is 0 Å². The molecule has 0 saturated heterocycles. The Kier molecular flexibility index (Phi) is 5.44. The van der Waals surface area contributed by atoms with Crippen LogP contribution >= 0.6 is 0 Å². The molecule has 1 aliphatic rings. The number of rotatable bonds is 5. The first-order valence-corrected chi connectivity index (χ1v) is 6.68. The number of carboxylic acid groups (broad SMARTS) is 1. The standard InChI is InChI=1S/C13H24N2O3/c1-9(2)15(8-12(16)17)13(18)14-7-11-6-4-5-10(11)3/h9-11H,4-8H2,1-3H3,(H,14,18)(H,16,17). The molecule has 2 unspecified atom stereocenters. The second-order valence-electron chi connectivity index (χ2n) is 5.47. The molecular formula is C13H24N2O3. The van der Waals surface area contributed by atoms with E-state index in [4.69, 9.17) is 5.11 Å². The summed E-state index contributed by atoms with van der Waals surface area (Å²) < 4.78 is 0. The molecule has 1 fully saturated rings. The lowest BCUT2D eigenvalue weighted by Gasteiger charge is -2.26. The molecule has 0 bridgehead atoms. The molecule has 18 heavy (non-hydrogen) atoms. The Morgan fingerprint density at radius 3 is 2.50 bits per heavy atom. The van der Waals surface area contributed by atoms with Gasteiger partial charge in [0, 0.05) is 12.6 Å². The highest BCUT2D eigenvalue weighted by atomic mass is 16.4. The van der Waals surface area contributed by atoms with Gasteiger partial charge in [0.25, 0.3) is 0 Å². The number of carbonyl (C=O) groups is 2. The van der Waals surface area contributed by atoms with Gasteiger partial charge in [-0.2, -0.15) is 0 Å². The van der Waals surface area contributed by atoms with Gasteiger partial charge >= 0.3 is 12.0 Å². The van der Waals surface area contributed by atoms with Gasteiger partial charge in [-0.05, 0) is 32.1 Å². The van der Waals surface area contributed by atoms with Crippen LogP contribution < -0.4 is 5.32 Å². The molecular weight excluding hydrogens is 232 g/mol. The van der Waals surface area contributed by atoms with Crippen LogP contribution in [0.1, 0.15) is 40.0 Å². The van der Waals surface area contributed by atoms with Gasteiger partial charge in [0.2, 0.25) is 0 Å². The monoisotopic (exact) mass is 256 g/mol. The fourth-order valence-electron chi connectivity index (χ4n) is 2.48. The predicted molar refractivity (Wildman–Crippen MR) is 69.4 cm³/mol. The van der Waals surface area contributed by atoms with Crippen LogP contribution in [0, 0.1) is 11.8 Å². The lowest BCUT2D eigenvalue weighted by Crippen LogP contribution is -2.47. The molecule has 0 aliphatic heterocycles. The Hall–Kier alpha value is -1.26. The average Bonchev–Trinajstić information content (AvgIpc) is 2.68. The van der Waals surface area contributed by atoms with Gasteiger partial charge in [0.1, 0.15) is 6.54 Å². The van der Waals surface area contributed by atoms with E-state index in [-0.39, 0.29) is 18.6 Å². The van der Waals surface area contributed by atoms with Crippen molar-refractivity contribution in [3.05, 3.63) is 0 Å². The normalized spacial score (nSPS) is 23.1. The summed E-state index contributed by atoms with van der Waals surface area (Å²) >= 11 is 0. The second kappa shape index (κ2) is 6.61. The molecule has 0 aromatic rings. The molecule has 2 N–H and O–H groups in total. The van der Waals surface area contributed by atoms with Crippen LogP contribution in [0.5, 0.6) is 0 Å². The van der Waals surface area contributed by atoms with Gasteiger partial charge in [-0.15, -0.1) is 0 Å². The maximum atomic E-state index is 11.9. The minimum Gasteiger partial charge on any atom is -0.480 e. The van der Waals surface area contributed by atoms with Crippen LogP contribution in [0.2, 0.25) is 0 Å². The van der Waals surface area contributed by atoms with Crippen molar-refractivity contribution in [2.24, 2.45) is 11.8 Å². The molecule has 0 radical (unpaired) electrons. The highest BCUT2D eigenvalue weighted by molar-refractivity contribution is 5.80. The molecule has 0 spiro atoms. The van der Waals surface area contributed by atoms with E-state index >= 15 is 0 Å². The summed E-state index contributed by atoms with van der Waals surface area (Å²) in [5, 5.41) is 11.6. The van der Waals surface area contributed by atoms with Crippen LogP contribution in [0.3, 0.4) is 0 Å². The van der Waals surface area contributed by atoms with Gasteiger partial charge < -0.3 is 15.3 Å². The van der Waals surface area contributed by atoms with E-state index in [0.29, 0.717) is 18.4 Å². The van der Waals surface area contributed by atoms with Gasteiger partial charge in [-0.1, -0.05) is 19.8 Å². The van der Waals surface area contributed by atoms with E-state index in [2.05, 4.69) is 12.2 Å². The van der Waals surface area contributed by atoms with E-state index in [1.165, 1.54) is 17.7 Å². The third-order valence-electron chi connectivity index (χ3n) is 3.74. The zero-order valence-electron chi connectivity index (χ0n) is 11.5. The molecule has 0 aromatic carbocycles. The highest BCUT2D eigenvalue weighted by Crippen LogP contribution is 2.30. The van der Waals surface area contributed by atoms with Crippen molar-refractivity contribution in [3.63, 3.8) is 0 Å². The number of nitrogens with zero attached hydrogens (tertiary/aromatic N) is 1. The number of hydrogen-bond acceptors (Lipinski definition) is 2. The summed E-state index contributed by atoms with van der Waals surface area (Å²) in [6, 6.07) is -0.381. The van der Waals surface area contributed by atoms with Crippen molar-refractivity contribution in [1.29, 1.82) is 0 Å². The van der Waals surface area contributed by atoms with E-state index in [9.17, 15) is 9.59 Å². The van der Waals surface area contributed by atoms with E-state index in [0.717, 1.165) is 6.42 Å². The summed E-state index contributed by atoms with van der Waals surface area (Å²) in [4.78, 5) is 24.0. The molecule has 104 valence electrons. The minimum absolute atomic E-state index is 0.109. The number of urea groups is 1. The number of hydrogen-bond donors (Lipinski definition) is 2. The molecule has 5 nitrogen and oxygen atoms in total. The SMILES string of the molecule is CC1CCCC1CNC(=O)N(CC(=O)O)C(C)C. The first-order valence-electron chi connectivity index (χ1n) is 6.68. The maximum Gasteiger partial charge on any atom is 0.323 e. The number of carboxylic acids is 1. The topological polar surface area (TPSA) is 69.6 Å². The van der Waals surface area contributed by atoms with E-state index in [1.807, 2.05) is 13.8 Å². The fraction of sp³-hybridized carbons (Fsp3) is 0.846. The molecule has 0 heterocycles. The van der Waals surface area contributed by atoms with Crippen molar-refractivity contribution < 1.29 is 14.7 Å². The van der Waals surface area contributed by atoms with Crippen molar-refractivity contribution in [2.45, 2.75) is 46.1 Å². The lowest BCUT2D eigenvalue weighted by molar-refractivity contribution is -0.138. The molecule has 0 aromatic heterocycles. The van der Waals surface area contributed by atoms with Crippen LogP contribution in [0.4, 0.5) is 4.79 Å². The quantitative estimate of drug-likeness (QED) is 0.789. The largest absolute Gasteiger partial charge is 0.480 e. The number of amides is 2. The van der Waals surface area contributed by atoms with Crippen molar-refractivity contribution >= 4 is 12.0 Å². The zero-order chi connectivity index (χ0) is 13.7. The van der Waals surface area contributed by atoms with E-state index in [1.54, 1.807) is 0 Å². The lowest BCUT2D eigenvalue weighted by atomic mass is 9.98. The van der Waals surface area contributed by atoms with Crippen molar-refractivity contribution in [1.82, 2.24) is 10.2 Å². The Morgan fingerprint density at radius 2 is 2.06 bits per heavy atom. The zero-order valence-corrected chi connectivity index (χ0v) is 11.5. The summed E-state index contributed by atoms with van der Waals surface area (Å²) in [5.74, 6) is 0.207. The molecule has 1 rings (SSSR count). The van der Waals surface area contributed by atoms with Crippen molar-refractivity contribution in [3.8, 4) is 0 Å². The molecule has 1 saturated carbocycles. The smallest absolute Gasteiger partial charge is 0.323 e. The number of carbonyl (C=O) groups excluding carboxylic acids is 1. The third-order valence-corrected chi connectivity index (χ3v) is 3.74. The second-order valence-corrected chi connectivity index (χ2v) is 5.47. The van der Waals surface area contributed by atoms with Crippen LogP contribution in [-0.2, 0) is 4.79 Å². The van der Waals surface area contributed by atoms with Crippen LogP contribution in [0.15, 0.2) is 0 Å². The molecule has 5 heteroatoms. The third kappa shape index (κ3) is 4.20. The molecule has 2 atom stereocenters. The predicted octanol–water partition coefficient (Wildman–Crippen LogP) is 1.93. The van der Waals surface area contributed by atoms with Gasteiger partial charge in [-0.25, -0.2) is 4.79 Å². The van der Waals surface area contributed by atoms with Gasteiger partial charge in [0.15, 0.2) is 0 Å². The van der Waals surface area contributed by atoms with Crippen molar-refractivity contribution in [2.75, 3.05) is 13.1 Å². The fourth-order valence-corrected chi connectivity index (χ4v) is 2.48. The molecule has 1 aliphatic carbocycles. The summed E-state index contributed by atoms with van der Waals surface area (Å²) in [6.45, 7) is 6.26. The first-order chi connectivity index (χ1) is 8.41. The Bertz CT molecular complexity index is 305. The number of nitrogens with one attached hydrogen (secondary N) is 1. The summed E-state index contributed by atoms with van der Waals surface area (Å²) in [5.41, 5.74) is 0. The Morgan fingerprint density at radius 1 is 1.39 bits per heavy atom. The maximum absolute atomic E-state index is 11.9. The first kappa shape index (κ1) is 14.8. The Balaban J connectivity index is 2.43. The molecule has 2 amide bonds. The summed E-state index contributed by atoms with van der Waals surface area (Å²) in [7, 11) is 0. The van der Waals surface area contributed by atoms with E-state index < -0.39 is 5.97 Å². The number of aliphatic carboxylic acids is 1. The Labute approximate surface area is 109 Å². The average molecular weight is 256 g/mol. The highest BCUT2D eigenvalue weighted by Gasteiger charge is 2.25.